The quantitative estimate of drug-likeness (QED) is 0.573. The van der Waals surface area contributed by atoms with Gasteiger partial charge in [-0.05, 0) is 25.3 Å². The van der Waals surface area contributed by atoms with Crippen LogP contribution < -0.4 is 5.32 Å². The van der Waals surface area contributed by atoms with Gasteiger partial charge < -0.3 is 9.84 Å². The Kier molecular flexibility index (Phi) is 2.10. The van der Waals surface area contributed by atoms with Crippen LogP contribution in [0.1, 0.15) is 18.6 Å². The summed E-state index contributed by atoms with van der Waals surface area (Å²) in [6, 6.07) is 2.11. The van der Waals surface area contributed by atoms with Crippen LogP contribution in [0.5, 0.6) is 0 Å². The van der Waals surface area contributed by atoms with Crippen LogP contribution >= 0.6 is 0 Å². The molecule has 3 heteroatoms. The van der Waals surface area contributed by atoms with Gasteiger partial charge in [-0.1, -0.05) is 11.1 Å². The summed E-state index contributed by atoms with van der Waals surface area (Å²) >= 11 is 0. The normalized spacial score (nSPS) is 21.8. The maximum atomic E-state index is 4.84. The van der Waals surface area contributed by atoms with Gasteiger partial charge in [0.1, 0.15) is 0 Å². The van der Waals surface area contributed by atoms with Crippen LogP contribution in [0.3, 0.4) is 0 Å². The molecule has 62 valence electrons. The Morgan fingerprint density at radius 2 is 2.67 bits per heavy atom. The first-order valence-corrected chi connectivity index (χ1v) is 4.11. The monoisotopic (exact) mass is 162 g/mol. The van der Waals surface area contributed by atoms with E-state index in [1.54, 1.807) is 12.3 Å². The Morgan fingerprint density at radius 1 is 1.67 bits per heavy atom. The van der Waals surface area contributed by atoms with Crippen LogP contribution in [-0.4, -0.2) is 17.7 Å². The van der Waals surface area contributed by atoms with Crippen LogP contribution in [0.4, 0.5) is 0 Å². The average Bonchev–Trinajstić information content (AvgIpc) is 2.74. The lowest BCUT2D eigenvalue weighted by atomic mass is 10.2. The lowest BCUT2D eigenvalue weighted by Gasteiger charge is -1.96. The second-order valence-corrected chi connectivity index (χ2v) is 2.79. The molecule has 1 aromatic heterocycles. The van der Waals surface area contributed by atoms with Gasteiger partial charge in [0.2, 0.25) is 5.76 Å². The van der Waals surface area contributed by atoms with Gasteiger partial charge in [-0.25, -0.2) is 0 Å². The van der Waals surface area contributed by atoms with Crippen molar-refractivity contribution < 1.29 is 4.52 Å². The van der Waals surface area contributed by atoms with Gasteiger partial charge in [0.25, 0.3) is 0 Å². The van der Waals surface area contributed by atoms with Crippen molar-refractivity contribution in [1.29, 1.82) is 0 Å². The van der Waals surface area contributed by atoms with Crippen LogP contribution in [0.2, 0.25) is 0 Å². The molecule has 3 nitrogen and oxygen atoms in total. The lowest BCUT2D eigenvalue weighted by molar-refractivity contribution is 0.411. The molecule has 0 aromatic carbocycles. The number of hydrogen-bond donors (Lipinski definition) is 1. The van der Waals surface area contributed by atoms with Gasteiger partial charge in [0.05, 0.1) is 12.2 Å². The number of hydrogen-bond acceptors (Lipinski definition) is 3. The second-order valence-electron chi connectivity index (χ2n) is 2.79. The Labute approximate surface area is 71.1 Å². The van der Waals surface area contributed by atoms with Crippen LogP contribution in [0.25, 0.3) is 0 Å². The van der Waals surface area contributed by atoms with Gasteiger partial charge in [-0.3, -0.25) is 0 Å². The summed E-state index contributed by atoms with van der Waals surface area (Å²) in [5.74, 6) is 6.66. The van der Waals surface area contributed by atoms with Gasteiger partial charge >= 0.3 is 0 Å². The van der Waals surface area contributed by atoms with E-state index < -0.39 is 0 Å². The predicted molar refractivity (Wildman–Crippen MR) is 44.4 cm³/mol. The number of rotatable bonds is 0. The third-order valence-electron chi connectivity index (χ3n) is 1.87. The highest BCUT2D eigenvalue weighted by Gasteiger charge is 2.09. The number of nitrogens with one attached hydrogen (secondary N) is 1. The first kappa shape index (κ1) is 7.38. The lowest BCUT2D eigenvalue weighted by Crippen LogP contribution is -2.18. The molecule has 0 amide bonds. The third-order valence-corrected chi connectivity index (χ3v) is 1.87. The Hall–Kier alpha value is -1.27. The summed E-state index contributed by atoms with van der Waals surface area (Å²) in [5, 5.41) is 6.85. The maximum Gasteiger partial charge on any atom is 0.209 e. The molecular formula is C9H10N2O. The molecule has 1 unspecified atom stereocenters. The van der Waals surface area contributed by atoms with E-state index in [9.17, 15) is 0 Å². The van der Waals surface area contributed by atoms with Gasteiger partial charge in [0, 0.05) is 6.07 Å². The summed E-state index contributed by atoms with van der Waals surface area (Å²) in [4.78, 5) is 0. The van der Waals surface area contributed by atoms with Crippen LogP contribution in [-0.2, 0) is 0 Å². The molecule has 1 saturated heterocycles. The van der Waals surface area contributed by atoms with Gasteiger partial charge in [-0.15, -0.1) is 0 Å². The number of aromatic nitrogens is 1. The van der Waals surface area contributed by atoms with Crippen molar-refractivity contribution in [3.05, 3.63) is 18.0 Å². The second kappa shape index (κ2) is 3.42. The zero-order valence-corrected chi connectivity index (χ0v) is 6.71. The zero-order valence-electron chi connectivity index (χ0n) is 6.71. The highest BCUT2D eigenvalue weighted by molar-refractivity contribution is 5.25. The molecule has 0 aliphatic carbocycles. The molecule has 2 heterocycles. The van der Waals surface area contributed by atoms with Crippen molar-refractivity contribution in [2.45, 2.75) is 18.9 Å². The summed E-state index contributed by atoms with van der Waals surface area (Å²) in [7, 11) is 0. The fourth-order valence-corrected chi connectivity index (χ4v) is 1.25. The van der Waals surface area contributed by atoms with E-state index in [-0.39, 0.29) is 0 Å². The SMILES string of the molecule is C(#CC1CCCN1)c1ccno1. The first-order valence-electron chi connectivity index (χ1n) is 4.11. The molecule has 1 aromatic rings. The van der Waals surface area contributed by atoms with Gasteiger partial charge in [0.15, 0.2) is 0 Å². The van der Waals surface area contributed by atoms with E-state index >= 15 is 0 Å². The molecule has 2 rings (SSSR count). The topological polar surface area (TPSA) is 38.1 Å². The molecule has 1 aliphatic heterocycles. The summed E-state index contributed by atoms with van der Waals surface area (Å²) in [5.41, 5.74) is 0. The molecule has 12 heavy (non-hydrogen) atoms. The molecule has 0 spiro atoms. The highest BCUT2D eigenvalue weighted by Crippen LogP contribution is 2.03. The minimum atomic E-state index is 0.343. The molecule has 0 saturated carbocycles. The van der Waals surface area contributed by atoms with Crippen LogP contribution in [0.15, 0.2) is 16.8 Å². The maximum absolute atomic E-state index is 4.84. The van der Waals surface area contributed by atoms with Crippen molar-refractivity contribution in [2.75, 3.05) is 6.54 Å². The Balaban J connectivity index is 2.00. The van der Waals surface area contributed by atoms with E-state index in [0.717, 1.165) is 13.0 Å². The third kappa shape index (κ3) is 1.66. The summed E-state index contributed by atoms with van der Waals surface area (Å²) in [6.45, 7) is 1.08. The van der Waals surface area contributed by atoms with Crippen molar-refractivity contribution in [1.82, 2.24) is 10.5 Å². The molecule has 0 bridgehead atoms. The fraction of sp³-hybridized carbons (Fsp3) is 0.444. The Bertz CT molecular complexity index is 288. The Morgan fingerprint density at radius 3 is 3.33 bits per heavy atom. The standard InChI is InChI=1S/C9H10N2O/c1-2-8(10-6-1)3-4-9-5-7-11-12-9/h5,7-8,10H,1-2,6H2. The van der Waals surface area contributed by atoms with E-state index in [2.05, 4.69) is 22.3 Å². The molecule has 1 atom stereocenters. The molecule has 1 aliphatic rings. The first-order chi connectivity index (χ1) is 5.95. The largest absolute Gasteiger partial charge is 0.348 e. The fourth-order valence-electron chi connectivity index (χ4n) is 1.25. The summed E-state index contributed by atoms with van der Waals surface area (Å²) < 4.78 is 4.84. The van der Waals surface area contributed by atoms with Crippen LogP contribution in [0, 0.1) is 11.8 Å². The zero-order chi connectivity index (χ0) is 8.23. The summed E-state index contributed by atoms with van der Waals surface area (Å²) in [6.07, 6.45) is 3.96. The highest BCUT2D eigenvalue weighted by atomic mass is 16.5. The molecule has 0 radical (unpaired) electrons. The van der Waals surface area contributed by atoms with Crippen molar-refractivity contribution >= 4 is 0 Å². The van der Waals surface area contributed by atoms with Crippen molar-refractivity contribution in [2.24, 2.45) is 0 Å². The predicted octanol–water partition coefficient (Wildman–Crippen LogP) is 0.778. The molecule has 1 N–H and O–H groups in total. The van der Waals surface area contributed by atoms with Crippen molar-refractivity contribution in [3.63, 3.8) is 0 Å². The van der Waals surface area contributed by atoms with E-state index in [0.29, 0.717) is 11.8 Å². The van der Waals surface area contributed by atoms with E-state index in [1.165, 1.54) is 6.42 Å². The average molecular weight is 162 g/mol. The molecule has 1 fully saturated rings. The minimum absolute atomic E-state index is 0.343. The van der Waals surface area contributed by atoms with Crippen molar-refractivity contribution in [3.8, 4) is 11.8 Å². The van der Waals surface area contributed by atoms with E-state index in [1.807, 2.05) is 0 Å². The number of nitrogens with zero attached hydrogens (tertiary/aromatic N) is 1. The minimum Gasteiger partial charge on any atom is -0.348 e. The smallest absolute Gasteiger partial charge is 0.209 e. The van der Waals surface area contributed by atoms with Gasteiger partial charge in [-0.2, -0.15) is 0 Å². The van der Waals surface area contributed by atoms with E-state index in [4.69, 9.17) is 4.52 Å². The molecular weight excluding hydrogens is 152 g/mol.